The van der Waals surface area contributed by atoms with Gasteiger partial charge in [-0.05, 0) is 23.6 Å². The van der Waals surface area contributed by atoms with Crippen molar-refractivity contribution in [1.82, 2.24) is 15.1 Å². The number of nitrogens with zero attached hydrogens (tertiary/aromatic N) is 2. The highest BCUT2D eigenvalue weighted by Gasteiger charge is 2.22. The fraction of sp³-hybridized carbons (Fsp3) is 0.500. The van der Waals surface area contributed by atoms with Crippen LogP contribution in [-0.4, -0.2) is 48.6 Å². The molecule has 0 aliphatic carbocycles. The molecular formula is C14H20N4O. The number of carbonyl (C=O) groups excluding carboxylic acids is 1. The Balaban J connectivity index is 1.59. The molecule has 3 rings (SSSR count). The highest BCUT2D eigenvalue weighted by atomic mass is 16.2. The van der Waals surface area contributed by atoms with Gasteiger partial charge in [-0.15, -0.1) is 0 Å². The van der Waals surface area contributed by atoms with E-state index < -0.39 is 0 Å². The number of urea groups is 1. The fourth-order valence-corrected chi connectivity index (χ4v) is 2.84. The van der Waals surface area contributed by atoms with Gasteiger partial charge in [0, 0.05) is 45.0 Å². The molecule has 102 valence electrons. The zero-order valence-electron chi connectivity index (χ0n) is 11.1. The molecule has 19 heavy (non-hydrogen) atoms. The average Bonchev–Trinajstić information content (AvgIpc) is 2.83. The van der Waals surface area contributed by atoms with Crippen LogP contribution in [0.1, 0.15) is 11.1 Å². The van der Waals surface area contributed by atoms with Crippen molar-refractivity contribution < 1.29 is 4.79 Å². The van der Waals surface area contributed by atoms with Gasteiger partial charge in [0.15, 0.2) is 0 Å². The zero-order chi connectivity index (χ0) is 13.2. The summed E-state index contributed by atoms with van der Waals surface area (Å²) in [4.78, 5) is 15.7. The van der Waals surface area contributed by atoms with Crippen LogP contribution in [0.2, 0.25) is 0 Å². The minimum absolute atomic E-state index is 0.0666. The third-order valence-corrected chi connectivity index (χ3v) is 4.02. The van der Waals surface area contributed by atoms with E-state index in [1.165, 1.54) is 11.1 Å². The van der Waals surface area contributed by atoms with Crippen molar-refractivity contribution in [3.05, 3.63) is 29.3 Å². The monoisotopic (exact) mass is 260 g/mol. The molecule has 0 saturated carbocycles. The van der Waals surface area contributed by atoms with Gasteiger partial charge in [-0.2, -0.15) is 0 Å². The van der Waals surface area contributed by atoms with Gasteiger partial charge >= 0.3 is 6.03 Å². The lowest BCUT2D eigenvalue weighted by Crippen LogP contribution is -2.39. The molecule has 2 heterocycles. The van der Waals surface area contributed by atoms with E-state index >= 15 is 0 Å². The van der Waals surface area contributed by atoms with Crippen LogP contribution in [0.4, 0.5) is 10.5 Å². The van der Waals surface area contributed by atoms with Crippen molar-refractivity contribution in [3.8, 4) is 0 Å². The first-order valence-corrected chi connectivity index (χ1v) is 6.85. The molecule has 1 aromatic carbocycles. The van der Waals surface area contributed by atoms with Gasteiger partial charge in [-0.3, -0.25) is 4.90 Å². The Morgan fingerprint density at radius 2 is 2.16 bits per heavy atom. The van der Waals surface area contributed by atoms with E-state index in [9.17, 15) is 4.79 Å². The minimum Gasteiger partial charge on any atom is -0.398 e. The summed E-state index contributed by atoms with van der Waals surface area (Å²) in [6, 6.07) is 6.22. The fourth-order valence-electron chi connectivity index (χ4n) is 2.84. The van der Waals surface area contributed by atoms with E-state index in [1.807, 2.05) is 17.0 Å². The molecule has 0 unspecified atom stereocenters. The molecule has 0 radical (unpaired) electrons. The van der Waals surface area contributed by atoms with Gasteiger partial charge in [-0.25, -0.2) is 4.79 Å². The zero-order valence-corrected chi connectivity index (χ0v) is 11.1. The topological polar surface area (TPSA) is 61.6 Å². The van der Waals surface area contributed by atoms with Crippen LogP contribution in [0.3, 0.4) is 0 Å². The molecule has 0 atom stereocenters. The molecule has 0 bridgehead atoms. The van der Waals surface area contributed by atoms with E-state index in [0.717, 1.165) is 51.4 Å². The summed E-state index contributed by atoms with van der Waals surface area (Å²) in [5.74, 6) is 0. The summed E-state index contributed by atoms with van der Waals surface area (Å²) in [6.07, 6.45) is 1.05. The Morgan fingerprint density at radius 3 is 2.95 bits per heavy atom. The van der Waals surface area contributed by atoms with Crippen LogP contribution in [0.25, 0.3) is 0 Å². The SMILES string of the molecule is Nc1cccc2c1CN(CCN1CCNC1=O)CC2. The molecular weight excluding hydrogens is 240 g/mol. The van der Waals surface area contributed by atoms with Gasteiger partial charge in [0.05, 0.1) is 0 Å². The summed E-state index contributed by atoms with van der Waals surface area (Å²) < 4.78 is 0. The largest absolute Gasteiger partial charge is 0.398 e. The first kappa shape index (κ1) is 12.3. The predicted octanol–water partition coefficient (Wildman–Crippen LogP) is 0.652. The van der Waals surface area contributed by atoms with E-state index in [0.29, 0.717) is 0 Å². The second kappa shape index (κ2) is 5.09. The number of amides is 2. The van der Waals surface area contributed by atoms with Gasteiger partial charge in [0.1, 0.15) is 0 Å². The van der Waals surface area contributed by atoms with Crippen molar-refractivity contribution >= 4 is 11.7 Å². The molecule has 1 aromatic rings. The molecule has 2 aliphatic heterocycles. The molecule has 5 heteroatoms. The summed E-state index contributed by atoms with van der Waals surface area (Å²) >= 11 is 0. The quantitative estimate of drug-likeness (QED) is 0.785. The number of benzene rings is 1. The normalized spacial score (nSPS) is 19.4. The molecule has 0 aromatic heterocycles. The highest BCUT2D eigenvalue weighted by Crippen LogP contribution is 2.23. The number of hydrogen-bond acceptors (Lipinski definition) is 3. The van der Waals surface area contributed by atoms with Crippen molar-refractivity contribution in [2.75, 3.05) is 38.5 Å². The number of nitrogen functional groups attached to an aromatic ring is 1. The molecule has 1 fully saturated rings. The molecule has 1 saturated heterocycles. The Kier molecular flexibility index (Phi) is 3.29. The van der Waals surface area contributed by atoms with Crippen molar-refractivity contribution in [1.29, 1.82) is 0 Å². The van der Waals surface area contributed by atoms with Crippen LogP contribution < -0.4 is 11.1 Å². The van der Waals surface area contributed by atoms with Gasteiger partial charge in [0.2, 0.25) is 0 Å². The van der Waals surface area contributed by atoms with E-state index in [4.69, 9.17) is 5.73 Å². The molecule has 2 amide bonds. The highest BCUT2D eigenvalue weighted by molar-refractivity contribution is 5.76. The van der Waals surface area contributed by atoms with Crippen molar-refractivity contribution in [3.63, 3.8) is 0 Å². The second-order valence-corrected chi connectivity index (χ2v) is 5.23. The lowest BCUT2D eigenvalue weighted by molar-refractivity contribution is 0.195. The van der Waals surface area contributed by atoms with Crippen LogP contribution in [0.5, 0.6) is 0 Å². The van der Waals surface area contributed by atoms with Gasteiger partial charge < -0.3 is 16.0 Å². The first-order chi connectivity index (χ1) is 9.24. The average molecular weight is 260 g/mol. The van der Waals surface area contributed by atoms with E-state index in [1.54, 1.807) is 0 Å². The van der Waals surface area contributed by atoms with E-state index in [-0.39, 0.29) is 6.03 Å². The van der Waals surface area contributed by atoms with Crippen LogP contribution in [0, 0.1) is 0 Å². The number of hydrogen-bond donors (Lipinski definition) is 2. The third-order valence-electron chi connectivity index (χ3n) is 4.02. The summed E-state index contributed by atoms with van der Waals surface area (Å²) in [7, 11) is 0. The lowest BCUT2D eigenvalue weighted by Gasteiger charge is -2.30. The Morgan fingerprint density at radius 1 is 1.26 bits per heavy atom. The number of nitrogens with one attached hydrogen (secondary N) is 1. The molecule has 0 spiro atoms. The standard InChI is InChI=1S/C14H20N4O/c15-13-3-1-2-11-4-6-17(10-12(11)13)8-9-18-7-5-16-14(18)19/h1-3H,4-10,15H2,(H,16,19). The molecule has 2 aliphatic rings. The summed E-state index contributed by atoms with van der Waals surface area (Å²) in [5, 5.41) is 2.83. The molecule has 3 N–H and O–H groups in total. The number of nitrogens with two attached hydrogens (primary N) is 1. The first-order valence-electron chi connectivity index (χ1n) is 6.85. The Bertz CT molecular complexity index is 488. The molecule has 5 nitrogen and oxygen atoms in total. The van der Waals surface area contributed by atoms with Crippen LogP contribution >= 0.6 is 0 Å². The summed E-state index contributed by atoms with van der Waals surface area (Å²) in [6.45, 7) is 5.26. The minimum atomic E-state index is 0.0666. The maximum atomic E-state index is 11.5. The van der Waals surface area contributed by atoms with Crippen molar-refractivity contribution in [2.24, 2.45) is 0 Å². The lowest BCUT2D eigenvalue weighted by atomic mass is 9.98. The predicted molar refractivity (Wildman–Crippen MR) is 74.8 cm³/mol. The second-order valence-electron chi connectivity index (χ2n) is 5.23. The maximum Gasteiger partial charge on any atom is 0.317 e. The number of carbonyl (C=O) groups is 1. The number of fused-ring (bicyclic) bond motifs is 1. The Labute approximate surface area is 113 Å². The van der Waals surface area contributed by atoms with Gasteiger partial charge in [-0.1, -0.05) is 12.1 Å². The third kappa shape index (κ3) is 2.51. The maximum absolute atomic E-state index is 11.5. The number of anilines is 1. The van der Waals surface area contributed by atoms with Crippen LogP contribution in [0.15, 0.2) is 18.2 Å². The van der Waals surface area contributed by atoms with Gasteiger partial charge in [0.25, 0.3) is 0 Å². The Hall–Kier alpha value is -1.75. The summed E-state index contributed by atoms with van der Waals surface area (Å²) in [5.41, 5.74) is 9.57. The smallest absolute Gasteiger partial charge is 0.317 e. The van der Waals surface area contributed by atoms with Crippen molar-refractivity contribution in [2.45, 2.75) is 13.0 Å². The van der Waals surface area contributed by atoms with E-state index in [2.05, 4.69) is 16.3 Å². The van der Waals surface area contributed by atoms with Crippen LogP contribution in [-0.2, 0) is 13.0 Å². The number of rotatable bonds is 3.